The van der Waals surface area contributed by atoms with E-state index in [1.165, 1.54) is 12.3 Å². The monoisotopic (exact) mass is 585 g/mol. The predicted molar refractivity (Wildman–Crippen MR) is 158 cm³/mol. The van der Waals surface area contributed by atoms with E-state index in [-0.39, 0.29) is 11.4 Å². The van der Waals surface area contributed by atoms with Crippen LogP contribution in [0.25, 0.3) is 0 Å². The number of benzene rings is 3. The summed E-state index contributed by atoms with van der Waals surface area (Å²) < 4.78 is 16.9. The summed E-state index contributed by atoms with van der Waals surface area (Å²) in [7, 11) is 1.56. The van der Waals surface area contributed by atoms with Crippen LogP contribution in [-0.4, -0.2) is 43.9 Å². The lowest BCUT2D eigenvalue weighted by Gasteiger charge is -2.21. The summed E-state index contributed by atoms with van der Waals surface area (Å²) in [6, 6.07) is 18.5. The van der Waals surface area contributed by atoms with Gasteiger partial charge in [0.15, 0.2) is 17.6 Å². The first-order valence-electron chi connectivity index (χ1n) is 12.9. The average Bonchev–Trinajstić information content (AvgIpc) is 2.95. The Bertz CT molecular complexity index is 1300. The number of nitrogens with one attached hydrogen (secondary N) is 2. The summed E-state index contributed by atoms with van der Waals surface area (Å²) in [6.07, 6.45) is 2.78. The van der Waals surface area contributed by atoms with Crippen molar-refractivity contribution in [3.8, 4) is 17.2 Å². The van der Waals surface area contributed by atoms with Gasteiger partial charge in [-0.3, -0.25) is 9.59 Å². The number of amides is 2. The number of ether oxygens (including phenoxy) is 3. The lowest BCUT2D eigenvalue weighted by atomic mass is 10.1. The van der Waals surface area contributed by atoms with E-state index in [9.17, 15) is 9.59 Å². The first kappa shape index (κ1) is 30.8. The molecule has 2 atom stereocenters. The van der Waals surface area contributed by atoms with E-state index in [2.05, 4.69) is 22.8 Å². The van der Waals surface area contributed by atoms with Crippen molar-refractivity contribution in [1.82, 2.24) is 10.7 Å². The Labute approximate surface area is 244 Å². The summed E-state index contributed by atoms with van der Waals surface area (Å²) >= 11 is 12.1. The molecule has 0 aliphatic carbocycles. The third-order valence-electron chi connectivity index (χ3n) is 5.81. The Morgan fingerprint density at radius 1 is 0.975 bits per heavy atom. The van der Waals surface area contributed by atoms with E-state index in [1.54, 1.807) is 38.3 Å². The van der Waals surface area contributed by atoms with Crippen molar-refractivity contribution in [3.63, 3.8) is 0 Å². The van der Waals surface area contributed by atoms with Crippen LogP contribution in [0.2, 0.25) is 10.0 Å². The van der Waals surface area contributed by atoms with E-state index < -0.39 is 24.0 Å². The Hall–Kier alpha value is -3.75. The highest BCUT2D eigenvalue weighted by Gasteiger charge is 2.25. The lowest BCUT2D eigenvalue weighted by molar-refractivity contribution is -0.132. The minimum absolute atomic E-state index is 0.250. The zero-order valence-corrected chi connectivity index (χ0v) is 24.2. The number of hydrogen-bond donors (Lipinski definition) is 2. The molecule has 0 spiro atoms. The molecule has 3 aromatic carbocycles. The van der Waals surface area contributed by atoms with E-state index in [0.29, 0.717) is 34.4 Å². The fourth-order valence-electron chi connectivity index (χ4n) is 3.62. The number of hydrazone groups is 1. The summed E-state index contributed by atoms with van der Waals surface area (Å²) in [6.45, 7) is 4.26. The molecule has 0 aromatic heterocycles. The highest BCUT2D eigenvalue weighted by Crippen LogP contribution is 2.29. The quantitative estimate of drug-likeness (QED) is 0.141. The number of carbonyl (C=O) groups excluding carboxylic acids is 2. The van der Waals surface area contributed by atoms with Crippen LogP contribution in [0.1, 0.15) is 37.8 Å². The Kier molecular flexibility index (Phi) is 12.1. The van der Waals surface area contributed by atoms with Gasteiger partial charge >= 0.3 is 0 Å². The minimum atomic E-state index is -0.932. The molecule has 0 saturated carbocycles. The number of rotatable bonds is 14. The molecule has 0 aliphatic heterocycles. The maximum atomic E-state index is 13.1. The number of hydrogen-bond acceptors (Lipinski definition) is 6. The van der Waals surface area contributed by atoms with Gasteiger partial charge in [0.05, 0.1) is 25.0 Å². The van der Waals surface area contributed by atoms with Gasteiger partial charge in [-0.2, -0.15) is 5.10 Å². The lowest BCUT2D eigenvalue weighted by Crippen LogP contribution is -2.50. The van der Waals surface area contributed by atoms with E-state index in [0.717, 1.165) is 18.4 Å². The van der Waals surface area contributed by atoms with Crippen LogP contribution in [0.15, 0.2) is 71.8 Å². The van der Waals surface area contributed by atoms with E-state index in [1.807, 2.05) is 36.4 Å². The van der Waals surface area contributed by atoms with Crippen LogP contribution in [-0.2, 0) is 16.0 Å². The predicted octanol–water partition coefficient (Wildman–Crippen LogP) is 5.83. The Morgan fingerprint density at radius 2 is 1.73 bits per heavy atom. The van der Waals surface area contributed by atoms with Gasteiger partial charge in [0.1, 0.15) is 11.8 Å². The summed E-state index contributed by atoms with van der Waals surface area (Å²) in [4.78, 5) is 26.1. The van der Waals surface area contributed by atoms with Gasteiger partial charge in [-0.1, -0.05) is 66.9 Å². The van der Waals surface area contributed by atoms with Gasteiger partial charge in [0, 0.05) is 11.4 Å². The van der Waals surface area contributed by atoms with Crippen LogP contribution >= 0.6 is 23.2 Å². The van der Waals surface area contributed by atoms with Crippen LogP contribution in [0.3, 0.4) is 0 Å². The van der Waals surface area contributed by atoms with Gasteiger partial charge in [-0.25, -0.2) is 5.43 Å². The van der Waals surface area contributed by atoms with E-state index in [4.69, 9.17) is 37.4 Å². The first-order chi connectivity index (χ1) is 19.3. The van der Waals surface area contributed by atoms with Crippen LogP contribution in [0.5, 0.6) is 17.2 Å². The zero-order valence-electron chi connectivity index (χ0n) is 22.7. The van der Waals surface area contributed by atoms with Crippen molar-refractivity contribution in [2.75, 3.05) is 13.7 Å². The zero-order chi connectivity index (χ0) is 28.9. The maximum absolute atomic E-state index is 13.1. The summed E-state index contributed by atoms with van der Waals surface area (Å²) in [5.74, 6) is 0.528. The SMILES string of the molecule is CCCCOc1ccc(/C=N\NC(=O)[C@@H](Cc2ccccc2)NC(=O)[C@H](C)Oc2ccc(Cl)cc2Cl)cc1OC. The van der Waals surface area contributed by atoms with Crippen molar-refractivity contribution < 1.29 is 23.8 Å². The second kappa shape index (κ2) is 15.7. The van der Waals surface area contributed by atoms with Crippen LogP contribution in [0.4, 0.5) is 0 Å². The molecule has 212 valence electrons. The Morgan fingerprint density at radius 3 is 2.42 bits per heavy atom. The fourth-order valence-corrected chi connectivity index (χ4v) is 4.07. The van der Waals surface area contributed by atoms with Gasteiger partial charge < -0.3 is 19.5 Å². The number of unbranched alkanes of at least 4 members (excludes halogenated alkanes) is 1. The highest BCUT2D eigenvalue weighted by atomic mass is 35.5. The molecule has 0 radical (unpaired) electrons. The standard InChI is InChI=1S/C30H33Cl2N3O5/c1-4-5-15-39-27-13-11-22(17-28(27)38-3)19-33-35-30(37)25(16-21-9-7-6-8-10-21)34-29(36)20(2)40-26-14-12-23(31)18-24(26)32/h6-14,17-20,25H,4-5,15-16H2,1-3H3,(H,34,36)(H,35,37)/b33-19-/t20-,25+/m0/s1. The summed E-state index contributed by atoms with van der Waals surface area (Å²) in [5, 5.41) is 7.57. The van der Waals surface area contributed by atoms with Crippen LogP contribution < -0.4 is 25.0 Å². The van der Waals surface area contributed by atoms with Gasteiger partial charge in [-0.05, 0) is 60.9 Å². The molecule has 0 unspecified atom stereocenters. The molecule has 8 nitrogen and oxygen atoms in total. The maximum Gasteiger partial charge on any atom is 0.262 e. The van der Waals surface area contributed by atoms with Crippen molar-refractivity contribution in [2.45, 2.75) is 45.3 Å². The molecule has 0 bridgehead atoms. The summed E-state index contributed by atoms with van der Waals surface area (Å²) in [5.41, 5.74) is 4.09. The normalized spacial score (nSPS) is 12.4. The molecule has 0 aliphatic rings. The largest absolute Gasteiger partial charge is 0.493 e. The van der Waals surface area contributed by atoms with Gasteiger partial charge in [0.25, 0.3) is 11.8 Å². The molecule has 10 heteroatoms. The topological polar surface area (TPSA) is 98.2 Å². The van der Waals surface area contributed by atoms with Crippen LogP contribution in [0, 0.1) is 0 Å². The third kappa shape index (κ3) is 9.47. The minimum Gasteiger partial charge on any atom is -0.493 e. The average molecular weight is 587 g/mol. The number of carbonyl (C=O) groups is 2. The smallest absolute Gasteiger partial charge is 0.262 e. The molecule has 0 heterocycles. The fraction of sp³-hybridized carbons (Fsp3) is 0.300. The number of halogens is 2. The third-order valence-corrected chi connectivity index (χ3v) is 6.34. The molecule has 2 amide bonds. The molecular weight excluding hydrogens is 553 g/mol. The Balaban J connectivity index is 1.67. The van der Waals surface area contributed by atoms with Gasteiger partial charge in [-0.15, -0.1) is 0 Å². The highest BCUT2D eigenvalue weighted by molar-refractivity contribution is 6.35. The molecule has 0 fully saturated rings. The van der Waals surface area contributed by atoms with Crippen molar-refractivity contribution >= 4 is 41.2 Å². The van der Waals surface area contributed by atoms with E-state index >= 15 is 0 Å². The van der Waals surface area contributed by atoms with Crippen molar-refractivity contribution in [2.24, 2.45) is 5.10 Å². The van der Waals surface area contributed by atoms with Gasteiger partial charge in [0.2, 0.25) is 0 Å². The van der Waals surface area contributed by atoms with Crippen molar-refractivity contribution in [3.05, 3.63) is 87.9 Å². The van der Waals surface area contributed by atoms with Crippen molar-refractivity contribution in [1.29, 1.82) is 0 Å². The second-order valence-electron chi connectivity index (χ2n) is 8.93. The molecule has 40 heavy (non-hydrogen) atoms. The molecule has 3 rings (SSSR count). The molecule has 0 saturated heterocycles. The molecule has 3 aromatic rings. The number of nitrogens with zero attached hydrogens (tertiary/aromatic N) is 1. The second-order valence-corrected chi connectivity index (χ2v) is 9.78. The molecule has 2 N–H and O–H groups in total. The first-order valence-corrected chi connectivity index (χ1v) is 13.7. The molecular formula is C30H33Cl2N3O5. The number of methoxy groups -OCH3 is 1.